The molecule has 7 heteroatoms. The van der Waals surface area contributed by atoms with Crippen molar-refractivity contribution < 1.29 is 10.0 Å². The molecule has 0 saturated heterocycles. The van der Waals surface area contributed by atoms with Gasteiger partial charge in [-0.05, 0) is 24.8 Å². The number of nitrogens with two attached hydrogens (primary N) is 1. The second-order valence-corrected chi connectivity index (χ2v) is 4.52. The number of nitrogens with zero attached hydrogens (tertiary/aromatic N) is 2. The summed E-state index contributed by atoms with van der Waals surface area (Å²) >= 11 is 0. The maximum Gasteiger partial charge on any atom is 0.312 e. The second kappa shape index (κ2) is 5.87. The summed E-state index contributed by atoms with van der Waals surface area (Å²) in [6, 6.07) is 3.89. The number of benzene rings is 1. The van der Waals surface area contributed by atoms with E-state index in [9.17, 15) is 15.2 Å². The average Bonchev–Trinajstić information content (AvgIpc) is 2.26. The Morgan fingerprint density at radius 2 is 2.16 bits per heavy atom. The molecule has 3 N–H and O–H groups in total. The summed E-state index contributed by atoms with van der Waals surface area (Å²) in [7, 11) is 0. The maximum absolute atomic E-state index is 10.8. The summed E-state index contributed by atoms with van der Waals surface area (Å²) in [5, 5.41) is 29.6. The molecule has 102 valence electrons. The molecule has 0 radical (unpaired) electrons. The molecule has 0 aromatic heterocycles. The predicted molar refractivity (Wildman–Crippen MR) is 71.0 cm³/mol. The average molecular weight is 284 g/mol. The third kappa shape index (κ3) is 2.78. The second-order valence-electron chi connectivity index (χ2n) is 4.52. The van der Waals surface area contributed by atoms with Gasteiger partial charge >= 0.3 is 5.69 Å². The third-order valence-corrected chi connectivity index (χ3v) is 3.46. The van der Waals surface area contributed by atoms with Crippen LogP contribution < -0.4 is 5.73 Å². The maximum atomic E-state index is 10.8. The minimum atomic E-state index is -0.701. The quantitative estimate of drug-likeness (QED) is 0.653. The van der Waals surface area contributed by atoms with Crippen LogP contribution in [0.4, 0.5) is 5.69 Å². The van der Waals surface area contributed by atoms with Crippen LogP contribution in [-0.2, 0) is 0 Å². The molecule has 1 atom stereocenters. The first-order valence-corrected chi connectivity index (χ1v) is 5.71. The Bertz CT molecular complexity index is 538. The van der Waals surface area contributed by atoms with Crippen molar-refractivity contribution in [1.29, 1.82) is 5.26 Å². The third-order valence-electron chi connectivity index (χ3n) is 3.46. The number of nitro groups is 1. The van der Waals surface area contributed by atoms with E-state index >= 15 is 0 Å². The first-order valence-electron chi connectivity index (χ1n) is 5.71. The number of hydrogen-bond donors (Lipinski definition) is 2. The lowest BCUT2D eigenvalue weighted by Gasteiger charge is -2.31. The van der Waals surface area contributed by atoms with Gasteiger partial charge in [-0.1, -0.05) is 6.42 Å². The molecule has 19 heavy (non-hydrogen) atoms. The van der Waals surface area contributed by atoms with Crippen LogP contribution in [0.25, 0.3) is 0 Å². The molecule has 1 aliphatic carbocycles. The van der Waals surface area contributed by atoms with Crippen LogP contribution in [-0.4, -0.2) is 10.0 Å². The lowest BCUT2D eigenvalue weighted by atomic mass is 9.77. The number of nitro benzene ring substituents is 1. The smallest absolute Gasteiger partial charge is 0.312 e. The minimum absolute atomic E-state index is 0. The SMILES string of the molecule is Cl.N#Cc1cc([C@H](N)C2CCC2)c(O)c([N+](=O)[O-])c1. The molecule has 1 aromatic rings. The Hall–Kier alpha value is -1.84. The first-order chi connectivity index (χ1) is 8.54. The van der Waals surface area contributed by atoms with Crippen LogP contribution in [0.1, 0.15) is 36.4 Å². The van der Waals surface area contributed by atoms with Crippen molar-refractivity contribution in [2.75, 3.05) is 0 Å². The standard InChI is InChI=1S/C12H13N3O3.ClH/c13-6-7-4-9(11(14)8-2-1-3-8)12(16)10(5-7)15(17)18;/h4-5,8,11,16H,1-3,14H2;1H/t11-;/m1./s1. The van der Waals surface area contributed by atoms with Crippen LogP contribution in [0.3, 0.4) is 0 Å². The van der Waals surface area contributed by atoms with E-state index in [-0.39, 0.29) is 23.9 Å². The number of halogens is 1. The fourth-order valence-electron chi connectivity index (χ4n) is 2.15. The van der Waals surface area contributed by atoms with Crippen molar-refractivity contribution in [3.8, 4) is 11.8 Å². The van der Waals surface area contributed by atoms with E-state index in [0.29, 0.717) is 5.56 Å². The molecule has 0 heterocycles. The fraction of sp³-hybridized carbons (Fsp3) is 0.417. The summed E-state index contributed by atoms with van der Waals surface area (Å²) in [6.07, 6.45) is 2.98. The van der Waals surface area contributed by atoms with Gasteiger partial charge in [-0.2, -0.15) is 5.26 Å². The first kappa shape index (κ1) is 15.2. The molecule has 6 nitrogen and oxygen atoms in total. The molecule has 0 spiro atoms. The Morgan fingerprint density at radius 1 is 1.53 bits per heavy atom. The molecule has 2 rings (SSSR count). The fourth-order valence-corrected chi connectivity index (χ4v) is 2.15. The topological polar surface area (TPSA) is 113 Å². The highest BCUT2D eigenvalue weighted by Crippen LogP contribution is 2.42. The van der Waals surface area contributed by atoms with Gasteiger partial charge in [-0.15, -0.1) is 12.4 Å². The van der Waals surface area contributed by atoms with Gasteiger partial charge in [-0.3, -0.25) is 10.1 Å². The van der Waals surface area contributed by atoms with E-state index in [1.807, 2.05) is 6.07 Å². The van der Waals surface area contributed by atoms with Gasteiger partial charge in [0.1, 0.15) is 0 Å². The van der Waals surface area contributed by atoms with E-state index in [0.717, 1.165) is 25.3 Å². The van der Waals surface area contributed by atoms with E-state index in [4.69, 9.17) is 11.0 Å². The number of hydrogen-bond acceptors (Lipinski definition) is 5. The molecule has 1 aliphatic rings. The highest BCUT2D eigenvalue weighted by molar-refractivity contribution is 5.85. The summed E-state index contributed by atoms with van der Waals surface area (Å²) in [4.78, 5) is 10.1. The van der Waals surface area contributed by atoms with Gasteiger partial charge in [0.2, 0.25) is 0 Å². The molecule has 1 aromatic carbocycles. The largest absolute Gasteiger partial charge is 0.502 e. The lowest BCUT2D eigenvalue weighted by molar-refractivity contribution is -0.386. The summed E-state index contributed by atoms with van der Waals surface area (Å²) in [5.74, 6) is -0.192. The van der Waals surface area contributed by atoms with Crippen molar-refractivity contribution >= 4 is 18.1 Å². The van der Waals surface area contributed by atoms with Gasteiger partial charge in [0, 0.05) is 17.7 Å². The van der Waals surface area contributed by atoms with Gasteiger partial charge in [0.05, 0.1) is 16.6 Å². The van der Waals surface area contributed by atoms with E-state index in [1.54, 1.807) is 0 Å². The summed E-state index contributed by atoms with van der Waals surface area (Å²) < 4.78 is 0. The Morgan fingerprint density at radius 3 is 2.58 bits per heavy atom. The number of nitriles is 1. The number of rotatable bonds is 3. The zero-order valence-corrected chi connectivity index (χ0v) is 10.9. The molecule has 1 saturated carbocycles. The highest BCUT2D eigenvalue weighted by atomic mass is 35.5. The van der Waals surface area contributed by atoms with Gasteiger partial charge < -0.3 is 10.8 Å². The van der Waals surface area contributed by atoms with Gasteiger partial charge in [0.15, 0.2) is 5.75 Å². The van der Waals surface area contributed by atoms with Crippen molar-refractivity contribution in [2.24, 2.45) is 11.7 Å². The van der Waals surface area contributed by atoms with Gasteiger partial charge in [-0.25, -0.2) is 0 Å². The molecule has 0 amide bonds. The van der Waals surface area contributed by atoms with Crippen LogP contribution in [0.15, 0.2) is 12.1 Å². The Labute approximate surface area is 116 Å². The zero-order valence-electron chi connectivity index (χ0n) is 10.1. The van der Waals surface area contributed by atoms with E-state index in [1.165, 1.54) is 6.07 Å². The van der Waals surface area contributed by atoms with E-state index in [2.05, 4.69) is 0 Å². The molecular formula is C12H14ClN3O3. The summed E-state index contributed by atoms with van der Waals surface area (Å²) in [5.41, 5.74) is 5.98. The molecule has 0 bridgehead atoms. The predicted octanol–water partition coefficient (Wildman–Crippen LogP) is 2.39. The van der Waals surface area contributed by atoms with Crippen molar-refractivity contribution in [3.63, 3.8) is 0 Å². The van der Waals surface area contributed by atoms with Crippen LogP contribution >= 0.6 is 12.4 Å². The van der Waals surface area contributed by atoms with Crippen LogP contribution in [0, 0.1) is 27.4 Å². The van der Waals surface area contributed by atoms with E-state index < -0.39 is 22.4 Å². The minimum Gasteiger partial charge on any atom is -0.502 e. The Balaban J connectivity index is 0.00000180. The van der Waals surface area contributed by atoms with Crippen molar-refractivity contribution in [1.82, 2.24) is 0 Å². The molecule has 0 unspecified atom stereocenters. The van der Waals surface area contributed by atoms with Crippen LogP contribution in [0.5, 0.6) is 5.75 Å². The summed E-state index contributed by atoms with van der Waals surface area (Å²) in [6.45, 7) is 0. The Kier molecular flexibility index (Phi) is 4.70. The molecule has 1 fully saturated rings. The number of phenolic OH excluding ortho intramolecular Hbond substituents is 1. The van der Waals surface area contributed by atoms with Crippen molar-refractivity contribution in [2.45, 2.75) is 25.3 Å². The van der Waals surface area contributed by atoms with Gasteiger partial charge in [0.25, 0.3) is 0 Å². The lowest BCUT2D eigenvalue weighted by Crippen LogP contribution is -2.27. The number of aromatic hydroxyl groups is 1. The molecule has 0 aliphatic heterocycles. The van der Waals surface area contributed by atoms with Crippen LogP contribution in [0.2, 0.25) is 0 Å². The molecular weight excluding hydrogens is 270 g/mol. The van der Waals surface area contributed by atoms with Crippen molar-refractivity contribution in [3.05, 3.63) is 33.4 Å². The highest BCUT2D eigenvalue weighted by Gasteiger charge is 2.30. The normalized spacial score (nSPS) is 15.8. The number of phenols is 1. The zero-order chi connectivity index (χ0) is 13.3. The monoisotopic (exact) mass is 283 g/mol.